The van der Waals surface area contributed by atoms with Gasteiger partial charge in [-0.1, -0.05) is 31.2 Å². The predicted octanol–water partition coefficient (Wildman–Crippen LogP) is 2.38. The predicted molar refractivity (Wildman–Crippen MR) is 133 cm³/mol. The molecule has 2 unspecified atom stereocenters. The first-order valence-electron chi connectivity index (χ1n) is 12.1. The van der Waals surface area contributed by atoms with Gasteiger partial charge >= 0.3 is 12.1 Å². The number of primary amides is 1. The molecule has 192 valence electrons. The SMILES string of the molecule is CC(=O)NCC1CN(c2ccc(N3CCN(SC4CCCCC4)CC3NC(N)=O)c(F)c2)C(=O)O1. The standard InChI is InChI=1S/C23H33FN6O4S/c1-15(31)26-12-17-13-30(23(33)34-17)16-7-8-20(19(24)11-16)29-10-9-28(14-21(29)27-22(25)32)35-18-5-3-2-4-6-18/h7-8,11,17-18,21H,2-6,9-10,12-14H2,1H3,(H,26,31)(H3,25,27,32). The fourth-order valence-electron chi connectivity index (χ4n) is 4.80. The summed E-state index contributed by atoms with van der Waals surface area (Å²) in [7, 11) is 0. The molecule has 2 heterocycles. The van der Waals surface area contributed by atoms with E-state index in [0.717, 1.165) is 6.54 Å². The highest BCUT2D eigenvalue weighted by molar-refractivity contribution is 7.97. The number of nitrogens with zero attached hydrogens (tertiary/aromatic N) is 3. The van der Waals surface area contributed by atoms with Gasteiger partial charge in [0.15, 0.2) is 0 Å². The van der Waals surface area contributed by atoms with Gasteiger partial charge in [0.1, 0.15) is 18.1 Å². The summed E-state index contributed by atoms with van der Waals surface area (Å²) in [6.45, 7) is 3.56. The number of rotatable bonds is 7. The molecule has 12 heteroatoms. The molecule has 4 N–H and O–H groups in total. The average molecular weight is 509 g/mol. The first-order chi connectivity index (χ1) is 16.8. The molecule has 3 fully saturated rings. The van der Waals surface area contributed by atoms with E-state index in [9.17, 15) is 14.4 Å². The number of nitrogens with two attached hydrogens (primary N) is 1. The summed E-state index contributed by atoms with van der Waals surface area (Å²) in [5.41, 5.74) is 6.13. The van der Waals surface area contributed by atoms with Crippen molar-refractivity contribution in [1.82, 2.24) is 14.9 Å². The highest BCUT2D eigenvalue weighted by Crippen LogP contribution is 2.34. The lowest BCUT2D eigenvalue weighted by Gasteiger charge is -2.43. The number of piperazine rings is 1. The number of carbonyl (C=O) groups excluding carboxylic acids is 3. The number of ether oxygens (including phenoxy) is 1. The molecule has 0 spiro atoms. The zero-order valence-electron chi connectivity index (χ0n) is 19.9. The number of urea groups is 1. The van der Waals surface area contributed by atoms with Crippen molar-refractivity contribution in [2.75, 3.05) is 42.5 Å². The van der Waals surface area contributed by atoms with Crippen LogP contribution in [0.3, 0.4) is 0 Å². The molecule has 1 aromatic rings. The summed E-state index contributed by atoms with van der Waals surface area (Å²) < 4.78 is 22.8. The van der Waals surface area contributed by atoms with Crippen molar-refractivity contribution in [3.05, 3.63) is 24.0 Å². The van der Waals surface area contributed by atoms with Gasteiger partial charge in [0.05, 0.1) is 24.5 Å². The number of hydrogen-bond acceptors (Lipinski definition) is 7. The maximum absolute atomic E-state index is 15.3. The van der Waals surface area contributed by atoms with Gasteiger partial charge in [-0.05, 0) is 31.0 Å². The third-order valence-corrected chi connectivity index (χ3v) is 7.91. The van der Waals surface area contributed by atoms with Crippen molar-refractivity contribution in [1.29, 1.82) is 0 Å². The monoisotopic (exact) mass is 508 g/mol. The lowest BCUT2D eigenvalue weighted by Crippen LogP contribution is -2.60. The fourth-order valence-corrected chi connectivity index (χ4v) is 6.18. The average Bonchev–Trinajstić information content (AvgIpc) is 3.19. The van der Waals surface area contributed by atoms with Crippen molar-refractivity contribution < 1.29 is 23.5 Å². The minimum atomic E-state index is -0.661. The van der Waals surface area contributed by atoms with Gasteiger partial charge in [-0.2, -0.15) is 0 Å². The molecular formula is C23H33FN6O4S. The van der Waals surface area contributed by atoms with E-state index in [2.05, 4.69) is 14.9 Å². The Balaban J connectivity index is 1.44. The summed E-state index contributed by atoms with van der Waals surface area (Å²) in [5, 5.41) is 5.95. The number of amides is 4. The van der Waals surface area contributed by atoms with Gasteiger partial charge in [0, 0.05) is 31.8 Å². The van der Waals surface area contributed by atoms with Crippen LogP contribution in [0.1, 0.15) is 39.0 Å². The molecule has 10 nitrogen and oxygen atoms in total. The van der Waals surface area contributed by atoms with Crippen LogP contribution >= 0.6 is 11.9 Å². The normalized spacial score (nSPS) is 23.8. The van der Waals surface area contributed by atoms with Crippen LogP contribution in [0.25, 0.3) is 0 Å². The van der Waals surface area contributed by atoms with Gasteiger partial charge in [-0.25, -0.2) is 18.3 Å². The molecule has 4 rings (SSSR count). The zero-order valence-corrected chi connectivity index (χ0v) is 20.7. The second kappa shape index (κ2) is 11.3. The summed E-state index contributed by atoms with van der Waals surface area (Å²) in [4.78, 5) is 38.3. The van der Waals surface area contributed by atoms with E-state index in [0.29, 0.717) is 29.7 Å². The third kappa shape index (κ3) is 6.49. The summed E-state index contributed by atoms with van der Waals surface area (Å²) in [5.74, 6) is -0.725. The summed E-state index contributed by atoms with van der Waals surface area (Å²) >= 11 is 1.84. The molecule has 2 atom stereocenters. The number of anilines is 2. The van der Waals surface area contributed by atoms with E-state index in [4.69, 9.17) is 10.5 Å². The molecular weight excluding hydrogens is 475 g/mol. The smallest absolute Gasteiger partial charge is 0.414 e. The molecule has 35 heavy (non-hydrogen) atoms. The number of carbonyl (C=O) groups is 3. The van der Waals surface area contributed by atoms with E-state index in [1.165, 1.54) is 50.0 Å². The Kier molecular flexibility index (Phi) is 8.22. The zero-order chi connectivity index (χ0) is 24.9. The van der Waals surface area contributed by atoms with E-state index in [1.807, 2.05) is 16.8 Å². The third-order valence-electron chi connectivity index (χ3n) is 6.51. The number of benzene rings is 1. The Bertz CT molecular complexity index is 947. The molecule has 0 aromatic heterocycles. The number of nitrogens with one attached hydrogen (secondary N) is 2. The molecule has 2 saturated heterocycles. The number of halogens is 1. The Morgan fingerprint density at radius 3 is 2.66 bits per heavy atom. The van der Waals surface area contributed by atoms with Gasteiger partial charge in [0.25, 0.3) is 0 Å². The Morgan fingerprint density at radius 2 is 1.97 bits per heavy atom. The topological polar surface area (TPSA) is 120 Å². The van der Waals surface area contributed by atoms with E-state index in [1.54, 1.807) is 12.1 Å². The van der Waals surface area contributed by atoms with E-state index in [-0.39, 0.29) is 19.0 Å². The summed E-state index contributed by atoms with van der Waals surface area (Å²) in [6, 6.07) is 3.90. The van der Waals surface area contributed by atoms with Gasteiger partial charge in [0.2, 0.25) is 5.91 Å². The molecule has 3 aliphatic rings. The molecule has 1 aromatic carbocycles. The molecule has 0 bridgehead atoms. The van der Waals surface area contributed by atoms with Crippen LogP contribution < -0.4 is 26.2 Å². The van der Waals surface area contributed by atoms with Crippen LogP contribution in [0.15, 0.2) is 18.2 Å². The molecule has 4 amide bonds. The van der Waals surface area contributed by atoms with Crippen molar-refractivity contribution >= 4 is 41.4 Å². The molecule has 1 saturated carbocycles. The molecule has 0 radical (unpaired) electrons. The highest BCUT2D eigenvalue weighted by Gasteiger charge is 2.34. The number of cyclic esters (lactones) is 1. The van der Waals surface area contributed by atoms with E-state index >= 15 is 4.39 Å². The molecule has 2 aliphatic heterocycles. The van der Waals surface area contributed by atoms with Crippen LogP contribution in [0.5, 0.6) is 0 Å². The molecule has 1 aliphatic carbocycles. The van der Waals surface area contributed by atoms with Crippen molar-refractivity contribution in [2.45, 2.75) is 56.5 Å². The Labute approximate surface area is 208 Å². The highest BCUT2D eigenvalue weighted by atomic mass is 32.2. The van der Waals surface area contributed by atoms with Gasteiger partial charge < -0.3 is 26.0 Å². The fraction of sp³-hybridized carbons (Fsp3) is 0.609. The van der Waals surface area contributed by atoms with Gasteiger partial charge in [-0.15, -0.1) is 0 Å². The second-order valence-corrected chi connectivity index (χ2v) is 10.6. The Hall–Kier alpha value is -2.73. The minimum Gasteiger partial charge on any atom is -0.442 e. The first-order valence-corrected chi connectivity index (χ1v) is 12.9. The lowest BCUT2D eigenvalue weighted by atomic mass is 10.0. The quantitative estimate of drug-likeness (QED) is 0.484. The Morgan fingerprint density at radius 1 is 1.20 bits per heavy atom. The van der Waals surface area contributed by atoms with Crippen LogP contribution in [0.4, 0.5) is 25.4 Å². The minimum absolute atomic E-state index is 0.196. The maximum Gasteiger partial charge on any atom is 0.414 e. The second-order valence-electron chi connectivity index (χ2n) is 9.16. The lowest BCUT2D eigenvalue weighted by molar-refractivity contribution is -0.119. The van der Waals surface area contributed by atoms with Crippen LogP contribution in [-0.2, 0) is 9.53 Å². The van der Waals surface area contributed by atoms with Crippen molar-refractivity contribution in [3.8, 4) is 0 Å². The maximum atomic E-state index is 15.3. The number of hydrogen-bond donors (Lipinski definition) is 3. The van der Waals surface area contributed by atoms with E-state index < -0.39 is 30.2 Å². The van der Waals surface area contributed by atoms with Crippen molar-refractivity contribution in [3.63, 3.8) is 0 Å². The largest absolute Gasteiger partial charge is 0.442 e. The van der Waals surface area contributed by atoms with Gasteiger partial charge in [-0.3, -0.25) is 9.69 Å². The summed E-state index contributed by atoms with van der Waals surface area (Å²) in [6.07, 6.45) is 4.60. The van der Waals surface area contributed by atoms with Crippen molar-refractivity contribution in [2.24, 2.45) is 5.73 Å². The first kappa shape index (κ1) is 25.4. The van der Waals surface area contributed by atoms with Crippen LogP contribution in [-0.4, -0.2) is 72.6 Å². The van der Waals surface area contributed by atoms with Crippen LogP contribution in [0.2, 0.25) is 0 Å². The van der Waals surface area contributed by atoms with Crippen LogP contribution in [0, 0.1) is 5.82 Å².